The van der Waals surface area contributed by atoms with E-state index in [1.165, 1.54) is 8.99 Å². The molecular formula is C14H19N5O2S. The molecule has 3 rings (SSSR count). The van der Waals surface area contributed by atoms with Crippen molar-refractivity contribution in [2.24, 2.45) is 7.05 Å². The number of aromatic nitrogens is 4. The van der Waals surface area contributed by atoms with E-state index in [2.05, 4.69) is 15.1 Å². The highest BCUT2D eigenvalue weighted by atomic mass is 32.2. The van der Waals surface area contributed by atoms with Crippen LogP contribution in [0.3, 0.4) is 0 Å². The van der Waals surface area contributed by atoms with Crippen LogP contribution >= 0.6 is 0 Å². The fraction of sp³-hybridized carbons (Fsp3) is 0.500. The first-order chi connectivity index (χ1) is 10.4. The smallest absolute Gasteiger partial charge is 0.246 e. The summed E-state index contributed by atoms with van der Waals surface area (Å²) in [5, 5.41) is 4.12. The minimum absolute atomic E-state index is 0.0478. The molecule has 2 aromatic rings. The third-order valence-electron chi connectivity index (χ3n) is 3.92. The Morgan fingerprint density at radius 2 is 2.09 bits per heavy atom. The summed E-state index contributed by atoms with van der Waals surface area (Å²) < 4.78 is 28.5. The van der Waals surface area contributed by atoms with Crippen molar-refractivity contribution in [3.63, 3.8) is 0 Å². The van der Waals surface area contributed by atoms with Crippen molar-refractivity contribution in [2.75, 3.05) is 13.1 Å². The average Bonchev–Trinajstić information content (AvgIpc) is 3.06. The number of nitrogens with zero attached hydrogens (tertiary/aromatic N) is 5. The summed E-state index contributed by atoms with van der Waals surface area (Å²) in [6.45, 7) is 4.52. The van der Waals surface area contributed by atoms with E-state index < -0.39 is 10.0 Å². The van der Waals surface area contributed by atoms with Gasteiger partial charge in [0.1, 0.15) is 10.7 Å². The zero-order chi connectivity index (χ0) is 15.9. The highest BCUT2D eigenvalue weighted by Crippen LogP contribution is 2.30. The Bertz CT molecular complexity index is 799. The van der Waals surface area contributed by atoms with Crippen LogP contribution in [-0.2, 0) is 17.1 Å². The Morgan fingerprint density at radius 1 is 1.32 bits per heavy atom. The third-order valence-corrected chi connectivity index (χ3v) is 5.88. The predicted octanol–water partition coefficient (Wildman–Crippen LogP) is 1.01. The van der Waals surface area contributed by atoms with Gasteiger partial charge >= 0.3 is 0 Å². The molecule has 0 aliphatic carbocycles. The lowest BCUT2D eigenvalue weighted by Gasteiger charge is -2.15. The molecule has 0 saturated carbocycles. The predicted molar refractivity (Wildman–Crippen MR) is 80.8 cm³/mol. The molecule has 1 unspecified atom stereocenters. The van der Waals surface area contributed by atoms with E-state index in [4.69, 9.17) is 0 Å². The van der Waals surface area contributed by atoms with Gasteiger partial charge in [-0.05, 0) is 26.3 Å². The van der Waals surface area contributed by atoms with E-state index in [1.807, 2.05) is 13.0 Å². The third kappa shape index (κ3) is 2.64. The quantitative estimate of drug-likeness (QED) is 0.842. The van der Waals surface area contributed by atoms with Gasteiger partial charge in [0, 0.05) is 44.1 Å². The molecule has 2 aromatic heterocycles. The van der Waals surface area contributed by atoms with Gasteiger partial charge in [0.25, 0.3) is 0 Å². The molecule has 0 N–H and O–H groups in total. The van der Waals surface area contributed by atoms with Crippen LogP contribution in [0.15, 0.2) is 23.4 Å². The van der Waals surface area contributed by atoms with Gasteiger partial charge in [0.15, 0.2) is 0 Å². The molecule has 8 heteroatoms. The van der Waals surface area contributed by atoms with Crippen molar-refractivity contribution in [1.29, 1.82) is 0 Å². The molecule has 0 bridgehead atoms. The molecular weight excluding hydrogens is 302 g/mol. The molecule has 1 saturated heterocycles. The van der Waals surface area contributed by atoms with Crippen LogP contribution in [-0.4, -0.2) is 45.6 Å². The second kappa shape index (κ2) is 5.44. The molecule has 0 amide bonds. The van der Waals surface area contributed by atoms with Crippen molar-refractivity contribution in [2.45, 2.75) is 31.1 Å². The monoisotopic (exact) mass is 321 g/mol. The van der Waals surface area contributed by atoms with Crippen LogP contribution in [0, 0.1) is 13.8 Å². The van der Waals surface area contributed by atoms with Crippen molar-refractivity contribution in [3.05, 3.63) is 35.7 Å². The van der Waals surface area contributed by atoms with Gasteiger partial charge in [0.2, 0.25) is 10.0 Å². The van der Waals surface area contributed by atoms with E-state index in [0.717, 1.165) is 17.9 Å². The number of hydrogen-bond donors (Lipinski definition) is 0. The SMILES string of the molecule is Cc1ccnc(C2CCN(S(=O)(=O)c3cn(C)nc3C)C2)n1. The van der Waals surface area contributed by atoms with E-state index in [1.54, 1.807) is 26.4 Å². The zero-order valence-corrected chi connectivity index (χ0v) is 13.7. The highest BCUT2D eigenvalue weighted by molar-refractivity contribution is 7.89. The Hall–Kier alpha value is -1.80. The Kier molecular flexibility index (Phi) is 3.73. The molecule has 1 aliphatic rings. The minimum atomic E-state index is -3.51. The maximum Gasteiger partial charge on any atom is 0.246 e. The average molecular weight is 321 g/mol. The van der Waals surface area contributed by atoms with E-state index in [0.29, 0.717) is 18.8 Å². The minimum Gasteiger partial charge on any atom is -0.274 e. The standard InChI is InChI=1S/C14H19N5O2S/c1-10-4-6-15-14(16-10)12-5-7-19(8-12)22(20,21)13-9-18(3)17-11(13)2/h4,6,9,12H,5,7-8H2,1-3H3. The van der Waals surface area contributed by atoms with E-state index in [9.17, 15) is 8.42 Å². The van der Waals surface area contributed by atoms with Crippen molar-refractivity contribution in [3.8, 4) is 0 Å². The normalized spacial score (nSPS) is 19.7. The fourth-order valence-corrected chi connectivity index (χ4v) is 4.49. The van der Waals surface area contributed by atoms with Gasteiger partial charge in [-0.3, -0.25) is 4.68 Å². The van der Waals surface area contributed by atoms with Gasteiger partial charge in [-0.1, -0.05) is 0 Å². The molecule has 1 aliphatic heterocycles. The Balaban J connectivity index is 1.84. The van der Waals surface area contributed by atoms with Crippen molar-refractivity contribution in [1.82, 2.24) is 24.1 Å². The lowest BCUT2D eigenvalue weighted by Crippen LogP contribution is -2.29. The van der Waals surface area contributed by atoms with Gasteiger partial charge in [0.05, 0.1) is 5.69 Å². The molecule has 0 radical (unpaired) electrons. The molecule has 1 fully saturated rings. The molecule has 7 nitrogen and oxygen atoms in total. The van der Waals surface area contributed by atoms with Crippen LogP contribution < -0.4 is 0 Å². The lowest BCUT2D eigenvalue weighted by atomic mass is 10.1. The zero-order valence-electron chi connectivity index (χ0n) is 12.9. The highest BCUT2D eigenvalue weighted by Gasteiger charge is 2.36. The molecule has 3 heterocycles. The summed E-state index contributed by atoms with van der Waals surface area (Å²) in [5.41, 5.74) is 1.42. The number of rotatable bonds is 3. The van der Waals surface area contributed by atoms with Gasteiger partial charge < -0.3 is 0 Å². The summed E-state index contributed by atoms with van der Waals surface area (Å²) >= 11 is 0. The second-order valence-corrected chi connectivity index (χ2v) is 7.56. The number of sulfonamides is 1. The summed E-state index contributed by atoms with van der Waals surface area (Å²) in [7, 11) is -1.78. The van der Waals surface area contributed by atoms with Gasteiger partial charge in [-0.2, -0.15) is 9.40 Å². The summed E-state index contributed by atoms with van der Waals surface area (Å²) in [6, 6.07) is 1.84. The van der Waals surface area contributed by atoms with E-state index >= 15 is 0 Å². The van der Waals surface area contributed by atoms with Gasteiger partial charge in [-0.15, -0.1) is 0 Å². The van der Waals surface area contributed by atoms with Crippen molar-refractivity contribution >= 4 is 10.0 Å². The van der Waals surface area contributed by atoms with Crippen LogP contribution in [0.1, 0.15) is 29.6 Å². The first-order valence-electron chi connectivity index (χ1n) is 7.18. The number of hydrogen-bond acceptors (Lipinski definition) is 5. The van der Waals surface area contributed by atoms with Gasteiger partial charge in [-0.25, -0.2) is 18.4 Å². The van der Waals surface area contributed by atoms with E-state index in [-0.39, 0.29) is 10.8 Å². The molecule has 118 valence electrons. The second-order valence-electron chi connectivity index (χ2n) is 5.66. The molecule has 1 atom stereocenters. The fourth-order valence-electron chi connectivity index (χ4n) is 2.79. The van der Waals surface area contributed by atoms with Crippen LogP contribution in [0.2, 0.25) is 0 Å². The Labute approximate surface area is 130 Å². The number of aryl methyl sites for hydroxylation is 3. The molecule has 22 heavy (non-hydrogen) atoms. The summed E-state index contributed by atoms with van der Waals surface area (Å²) in [5.74, 6) is 0.771. The first-order valence-corrected chi connectivity index (χ1v) is 8.62. The summed E-state index contributed by atoms with van der Waals surface area (Å²) in [4.78, 5) is 8.98. The largest absolute Gasteiger partial charge is 0.274 e. The molecule has 0 aromatic carbocycles. The first kappa shape index (κ1) is 15.1. The summed E-state index contributed by atoms with van der Waals surface area (Å²) in [6.07, 6.45) is 4.02. The lowest BCUT2D eigenvalue weighted by molar-refractivity contribution is 0.470. The van der Waals surface area contributed by atoms with Crippen LogP contribution in [0.5, 0.6) is 0 Å². The Morgan fingerprint density at radius 3 is 2.73 bits per heavy atom. The van der Waals surface area contributed by atoms with Crippen LogP contribution in [0.4, 0.5) is 0 Å². The van der Waals surface area contributed by atoms with Crippen LogP contribution in [0.25, 0.3) is 0 Å². The maximum absolute atomic E-state index is 12.7. The van der Waals surface area contributed by atoms with Crippen molar-refractivity contribution < 1.29 is 8.42 Å². The topological polar surface area (TPSA) is 81.0 Å². The maximum atomic E-state index is 12.7. The molecule has 0 spiro atoms.